The van der Waals surface area contributed by atoms with E-state index in [0.717, 1.165) is 32.1 Å². The Morgan fingerprint density at radius 1 is 0.895 bits per heavy atom. The van der Waals surface area contributed by atoms with Crippen LogP contribution in [0.4, 0.5) is 0 Å². The van der Waals surface area contributed by atoms with E-state index in [9.17, 15) is 9.59 Å². The Kier molecular flexibility index (Phi) is 9.54. The third-order valence-corrected chi connectivity index (χ3v) is 3.47. The Labute approximate surface area is 118 Å². The molecule has 0 heterocycles. The third-order valence-electron chi connectivity index (χ3n) is 3.47. The molecule has 0 N–H and O–H groups in total. The summed E-state index contributed by atoms with van der Waals surface area (Å²) < 4.78 is 5.30. The largest absolute Gasteiger partial charge is 0.465 e. The first-order valence-electron chi connectivity index (χ1n) is 7.79. The van der Waals surface area contributed by atoms with Gasteiger partial charge in [0.05, 0.1) is 6.61 Å². The van der Waals surface area contributed by atoms with E-state index in [2.05, 4.69) is 6.92 Å². The van der Waals surface area contributed by atoms with Gasteiger partial charge in [-0.1, -0.05) is 47.0 Å². The van der Waals surface area contributed by atoms with Crippen molar-refractivity contribution >= 4 is 11.8 Å². The zero-order chi connectivity index (χ0) is 14.7. The van der Waals surface area contributed by atoms with Gasteiger partial charge in [0.2, 0.25) is 0 Å². The topological polar surface area (TPSA) is 43.4 Å². The van der Waals surface area contributed by atoms with E-state index in [0.29, 0.717) is 25.9 Å². The second-order valence-corrected chi connectivity index (χ2v) is 5.24. The number of hydrogen-bond acceptors (Lipinski definition) is 3. The summed E-state index contributed by atoms with van der Waals surface area (Å²) in [4.78, 5) is 24.9. The van der Waals surface area contributed by atoms with Crippen molar-refractivity contribution in [3.63, 3.8) is 0 Å². The van der Waals surface area contributed by atoms with Crippen LogP contribution >= 0.6 is 0 Å². The maximum Gasteiger partial charge on any atom is 0.319 e. The van der Waals surface area contributed by atoms with Gasteiger partial charge >= 0.3 is 5.97 Å². The summed E-state index contributed by atoms with van der Waals surface area (Å²) in [7, 11) is 0. The Bertz CT molecular complexity index is 243. The van der Waals surface area contributed by atoms with Crippen molar-refractivity contribution in [2.75, 3.05) is 6.61 Å². The van der Waals surface area contributed by atoms with Gasteiger partial charge in [0.15, 0.2) is 0 Å². The summed E-state index contributed by atoms with van der Waals surface area (Å²) in [6.07, 6.45) is 6.02. The van der Waals surface area contributed by atoms with Crippen LogP contribution < -0.4 is 0 Å². The van der Waals surface area contributed by atoms with Crippen LogP contribution in [-0.2, 0) is 14.3 Å². The molecule has 0 spiro atoms. The summed E-state index contributed by atoms with van der Waals surface area (Å²) in [5.74, 6) is -0.210. The normalized spacial score (nSPS) is 11.4. The molecule has 19 heavy (non-hydrogen) atoms. The average Bonchev–Trinajstić information content (AvgIpc) is 2.41. The predicted molar refractivity (Wildman–Crippen MR) is 78.0 cm³/mol. The molecule has 0 rings (SSSR count). The smallest absolute Gasteiger partial charge is 0.319 e. The van der Waals surface area contributed by atoms with E-state index in [1.165, 1.54) is 0 Å². The third kappa shape index (κ3) is 5.33. The lowest BCUT2D eigenvalue weighted by Crippen LogP contribution is -2.41. The van der Waals surface area contributed by atoms with Crippen LogP contribution in [0.15, 0.2) is 0 Å². The fourth-order valence-corrected chi connectivity index (χ4v) is 2.48. The van der Waals surface area contributed by atoms with Gasteiger partial charge in [0, 0.05) is 6.42 Å². The molecule has 3 nitrogen and oxygen atoms in total. The number of unbranched alkanes of at least 4 members (excludes halogenated alkanes) is 1. The van der Waals surface area contributed by atoms with Gasteiger partial charge in [0.25, 0.3) is 0 Å². The molecule has 0 amide bonds. The number of carbonyl (C=O) groups is 2. The van der Waals surface area contributed by atoms with E-state index < -0.39 is 5.41 Å². The minimum Gasteiger partial charge on any atom is -0.465 e. The Hall–Kier alpha value is -0.860. The lowest BCUT2D eigenvalue weighted by molar-refractivity contribution is -0.162. The monoisotopic (exact) mass is 270 g/mol. The molecule has 0 bridgehead atoms. The Morgan fingerprint density at radius 3 is 1.89 bits per heavy atom. The van der Waals surface area contributed by atoms with Crippen LogP contribution in [0, 0.1) is 5.41 Å². The molecule has 0 aliphatic carbocycles. The number of esters is 1. The molecule has 0 aliphatic rings. The number of ketones is 1. The molecule has 0 atom stereocenters. The highest BCUT2D eigenvalue weighted by Gasteiger charge is 2.44. The second kappa shape index (κ2) is 9.99. The van der Waals surface area contributed by atoms with Gasteiger partial charge in [-0.15, -0.1) is 0 Å². The molecule has 3 heteroatoms. The Balaban J connectivity index is 5.03. The fraction of sp³-hybridized carbons (Fsp3) is 0.875. The molecule has 0 aromatic heterocycles. The molecule has 112 valence electrons. The van der Waals surface area contributed by atoms with Crippen molar-refractivity contribution in [2.24, 2.45) is 5.41 Å². The second-order valence-electron chi connectivity index (χ2n) is 5.24. The molecule has 0 radical (unpaired) electrons. The first kappa shape index (κ1) is 18.1. The van der Waals surface area contributed by atoms with Crippen LogP contribution in [0.2, 0.25) is 0 Å². The van der Waals surface area contributed by atoms with Crippen LogP contribution in [0.1, 0.15) is 79.1 Å². The summed E-state index contributed by atoms with van der Waals surface area (Å²) >= 11 is 0. The van der Waals surface area contributed by atoms with E-state index in [4.69, 9.17) is 4.74 Å². The van der Waals surface area contributed by atoms with E-state index in [1.54, 1.807) is 0 Å². The van der Waals surface area contributed by atoms with Crippen molar-refractivity contribution in [3.05, 3.63) is 0 Å². The Morgan fingerprint density at radius 2 is 1.47 bits per heavy atom. The maximum atomic E-state index is 12.5. The lowest BCUT2D eigenvalue weighted by Gasteiger charge is -2.29. The van der Waals surface area contributed by atoms with E-state index in [-0.39, 0.29) is 11.8 Å². The first-order chi connectivity index (χ1) is 9.08. The zero-order valence-corrected chi connectivity index (χ0v) is 13.1. The quantitative estimate of drug-likeness (QED) is 0.415. The summed E-state index contributed by atoms with van der Waals surface area (Å²) in [5, 5.41) is 0. The van der Waals surface area contributed by atoms with Gasteiger partial charge in [0.1, 0.15) is 11.2 Å². The minimum absolute atomic E-state index is 0.0825. The predicted octanol–water partition coefficient (Wildman–Crippen LogP) is 4.29. The van der Waals surface area contributed by atoms with Crippen LogP contribution in [0.5, 0.6) is 0 Å². The molecule has 0 aromatic carbocycles. The minimum atomic E-state index is -0.881. The van der Waals surface area contributed by atoms with Crippen LogP contribution in [0.3, 0.4) is 0 Å². The van der Waals surface area contributed by atoms with Gasteiger partial charge in [-0.25, -0.2) is 0 Å². The van der Waals surface area contributed by atoms with Gasteiger partial charge in [-0.3, -0.25) is 9.59 Å². The van der Waals surface area contributed by atoms with Crippen molar-refractivity contribution in [2.45, 2.75) is 79.1 Å². The molecule has 0 aliphatic heterocycles. The van der Waals surface area contributed by atoms with Crippen molar-refractivity contribution in [1.82, 2.24) is 0 Å². The van der Waals surface area contributed by atoms with Crippen molar-refractivity contribution < 1.29 is 14.3 Å². The number of ether oxygens (including phenoxy) is 1. The molecule has 0 saturated carbocycles. The summed E-state index contributed by atoms with van der Waals surface area (Å²) in [5.41, 5.74) is -0.881. The van der Waals surface area contributed by atoms with Crippen molar-refractivity contribution in [3.8, 4) is 0 Å². The molecule has 0 saturated heterocycles. The number of hydrogen-bond donors (Lipinski definition) is 0. The molecule has 0 aromatic rings. The summed E-state index contributed by atoms with van der Waals surface area (Å²) in [6, 6.07) is 0. The molecule has 0 unspecified atom stereocenters. The summed E-state index contributed by atoms with van der Waals surface area (Å²) in [6.45, 7) is 8.47. The average molecular weight is 270 g/mol. The first-order valence-corrected chi connectivity index (χ1v) is 7.79. The van der Waals surface area contributed by atoms with Crippen molar-refractivity contribution in [1.29, 1.82) is 0 Å². The zero-order valence-electron chi connectivity index (χ0n) is 13.1. The van der Waals surface area contributed by atoms with Crippen LogP contribution in [0.25, 0.3) is 0 Å². The fourth-order valence-electron chi connectivity index (χ4n) is 2.48. The van der Waals surface area contributed by atoms with Gasteiger partial charge in [-0.05, 0) is 25.7 Å². The standard InChI is InChI=1S/C16H30O3/c1-5-9-10-14(17)16(11-6-2,12-7-3)15(18)19-13-8-4/h5-13H2,1-4H3. The highest BCUT2D eigenvalue weighted by atomic mass is 16.5. The van der Waals surface area contributed by atoms with E-state index in [1.807, 2.05) is 20.8 Å². The highest BCUT2D eigenvalue weighted by Crippen LogP contribution is 2.34. The van der Waals surface area contributed by atoms with Crippen LogP contribution in [-0.4, -0.2) is 18.4 Å². The number of carbonyl (C=O) groups excluding carboxylic acids is 2. The van der Waals surface area contributed by atoms with E-state index >= 15 is 0 Å². The molecular formula is C16H30O3. The van der Waals surface area contributed by atoms with Gasteiger partial charge in [-0.2, -0.15) is 0 Å². The number of rotatable bonds is 11. The molecular weight excluding hydrogens is 240 g/mol. The number of Topliss-reactive ketones (excluding diaryl/α,β-unsaturated/α-hetero) is 1. The highest BCUT2D eigenvalue weighted by molar-refractivity contribution is 6.03. The molecule has 0 fully saturated rings. The maximum absolute atomic E-state index is 12.5. The SMILES string of the molecule is CCCCC(=O)C(CCC)(CCC)C(=O)OCCC. The lowest BCUT2D eigenvalue weighted by atomic mass is 9.74. The van der Waals surface area contributed by atoms with Gasteiger partial charge < -0.3 is 4.74 Å².